The van der Waals surface area contributed by atoms with E-state index in [1.54, 1.807) is 0 Å². The Kier molecular flexibility index (Phi) is 4.84. The van der Waals surface area contributed by atoms with Crippen LogP contribution < -0.4 is 14.8 Å². The van der Waals surface area contributed by atoms with Crippen LogP contribution in [0.2, 0.25) is 0 Å². The molecule has 0 saturated heterocycles. The Morgan fingerprint density at radius 1 is 1.40 bits per heavy atom. The van der Waals surface area contributed by atoms with Gasteiger partial charge in [0.05, 0.1) is 0 Å². The average Bonchev–Trinajstić information content (AvgIpc) is 2.91. The molecule has 1 aliphatic heterocycles. The molecule has 0 saturated carbocycles. The van der Waals surface area contributed by atoms with Gasteiger partial charge in [-0.15, -0.1) is 0 Å². The SMILES string of the molecule is CCN(Cc1ccc2c(c1)OCO2)C(=O)C(C)CNC. The molecule has 0 bridgehead atoms. The molecule has 1 aromatic rings. The average molecular weight is 278 g/mol. The van der Waals surface area contributed by atoms with E-state index in [2.05, 4.69) is 5.32 Å². The third-order valence-electron chi connectivity index (χ3n) is 3.44. The van der Waals surface area contributed by atoms with Crippen LogP contribution in [0.5, 0.6) is 11.5 Å². The second-order valence-electron chi connectivity index (χ2n) is 5.00. The predicted octanol–water partition coefficient (Wildman–Crippen LogP) is 1.62. The maximum atomic E-state index is 12.3. The van der Waals surface area contributed by atoms with E-state index in [4.69, 9.17) is 9.47 Å². The number of benzene rings is 1. The van der Waals surface area contributed by atoms with Crippen molar-refractivity contribution in [2.45, 2.75) is 20.4 Å². The maximum absolute atomic E-state index is 12.3. The smallest absolute Gasteiger partial charge is 0.231 e. The molecule has 0 aromatic heterocycles. The van der Waals surface area contributed by atoms with E-state index >= 15 is 0 Å². The largest absolute Gasteiger partial charge is 0.454 e. The Hall–Kier alpha value is -1.75. The first-order chi connectivity index (χ1) is 9.65. The number of carbonyl (C=O) groups excluding carboxylic acids is 1. The zero-order chi connectivity index (χ0) is 14.5. The van der Waals surface area contributed by atoms with E-state index in [0.717, 1.165) is 17.1 Å². The van der Waals surface area contributed by atoms with Gasteiger partial charge in [0.15, 0.2) is 11.5 Å². The monoisotopic (exact) mass is 278 g/mol. The van der Waals surface area contributed by atoms with Crippen LogP contribution in [0.1, 0.15) is 19.4 Å². The highest BCUT2D eigenvalue weighted by molar-refractivity contribution is 5.78. The fraction of sp³-hybridized carbons (Fsp3) is 0.533. The third-order valence-corrected chi connectivity index (χ3v) is 3.44. The first-order valence-corrected chi connectivity index (χ1v) is 6.97. The van der Waals surface area contributed by atoms with Gasteiger partial charge in [0.25, 0.3) is 0 Å². The van der Waals surface area contributed by atoms with Gasteiger partial charge in [0.1, 0.15) is 0 Å². The number of carbonyl (C=O) groups is 1. The predicted molar refractivity (Wildman–Crippen MR) is 76.7 cm³/mol. The Morgan fingerprint density at radius 2 is 2.15 bits per heavy atom. The van der Waals surface area contributed by atoms with Crippen LogP contribution in [0.3, 0.4) is 0 Å². The highest BCUT2D eigenvalue weighted by Crippen LogP contribution is 2.32. The molecular formula is C15H22N2O3. The second-order valence-corrected chi connectivity index (χ2v) is 5.00. The third kappa shape index (κ3) is 3.22. The highest BCUT2D eigenvalue weighted by atomic mass is 16.7. The van der Waals surface area contributed by atoms with Gasteiger partial charge >= 0.3 is 0 Å². The fourth-order valence-corrected chi connectivity index (χ4v) is 2.31. The van der Waals surface area contributed by atoms with Crippen molar-refractivity contribution in [1.29, 1.82) is 0 Å². The van der Waals surface area contributed by atoms with Gasteiger partial charge < -0.3 is 19.7 Å². The summed E-state index contributed by atoms with van der Waals surface area (Å²) in [7, 11) is 1.86. The summed E-state index contributed by atoms with van der Waals surface area (Å²) in [5.74, 6) is 1.68. The number of rotatable bonds is 6. The zero-order valence-corrected chi connectivity index (χ0v) is 12.3. The molecule has 0 spiro atoms. The molecule has 0 fully saturated rings. The number of fused-ring (bicyclic) bond motifs is 1. The number of hydrogen-bond donors (Lipinski definition) is 1. The van der Waals surface area contributed by atoms with Crippen molar-refractivity contribution in [2.75, 3.05) is 26.9 Å². The molecule has 5 heteroatoms. The summed E-state index contributed by atoms with van der Waals surface area (Å²) in [6, 6.07) is 5.82. The molecule has 0 aliphatic carbocycles. The minimum absolute atomic E-state index is 0.0195. The van der Waals surface area contributed by atoms with E-state index in [1.807, 2.05) is 44.0 Å². The molecular weight excluding hydrogens is 256 g/mol. The van der Waals surface area contributed by atoms with Crippen LogP contribution in [-0.4, -0.2) is 37.7 Å². The first-order valence-electron chi connectivity index (χ1n) is 6.97. The van der Waals surface area contributed by atoms with E-state index < -0.39 is 0 Å². The van der Waals surface area contributed by atoms with Crippen LogP contribution in [0.4, 0.5) is 0 Å². The van der Waals surface area contributed by atoms with E-state index in [-0.39, 0.29) is 18.6 Å². The van der Waals surface area contributed by atoms with Crippen LogP contribution in [0.25, 0.3) is 0 Å². The molecule has 1 N–H and O–H groups in total. The van der Waals surface area contributed by atoms with Crippen molar-refractivity contribution in [1.82, 2.24) is 10.2 Å². The Labute approximate surface area is 119 Å². The fourth-order valence-electron chi connectivity index (χ4n) is 2.31. The van der Waals surface area contributed by atoms with Gasteiger partial charge in [0, 0.05) is 25.6 Å². The number of amides is 1. The standard InChI is InChI=1S/C15H22N2O3/c1-4-17(15(18)11(2)8-16-3)9-12-5-6-13-14(7-12)20-10-19-13/h5-7,11,16H,4,8-10H2,1-3H3. The molecule has 1 aliphatic rings. The molecule has 1 amide bonds. The maximum Gasteiger partial charge on any atom is 0.231 e. The van der Waals surface area contributed by atoms with Crippen LogP contribution in [0, 0.1) is 5.92 Å². The van der Waals surface area contributed by atoms with Crippen LogP contribution in [-0.2, 0) is 11.3 Å². The summed E-state index contributed by atoms with van der Waals surface area (Å²) in [5, 5.41) is 3.04. The molecule has 1 unspecified atom stereocenters. The summed E-state index contributed by atoms with van der Waals surface area (Å²) in [5.41, 5.74) is 1.06. The summed E-state index contributed by atoms with van der Waals surface area (Å²) in [6.07, 6.45) is 0. The Bertz CT molecular complexity index is 476. The molecule has 0 radical (unpaired) electrons. The molecule has 110 valence electrons. The van der Waals surface area contributed by atoms with Gasteiger partial charge in [-0.25, -0.2) is 0 Å². The summed E-state index contributed by atoms with van der Waals surface area (Å²) in [4.78, 5) is 14.2. The highest BCUT2D eigenvalue weighted by Gasteiger charge is 2.20. The minimum Gasteiger partial charge on any atom is -0.454 e. The van der Waals surface area contributed by atoms with Gasteiger partial charge in [-0.3, -0.25) is 4.79 Å². The first kappa shape index (κ1) is 14.7. The van der Waals surface area contributed by atoms with E-state index in [9.17, 15) is 4.79 Å². The minimum atomic E-state index is -0.0195. The van der Waals surface area contributed by atoms with Gasteiger partial charge in [0.2, 0.25) is 12.7 Å². The lowest BCUT2D eigenvalue weighted by molar-refractivity contribution is -0.135. The van der Waals surface area contributed by atoms with Crippen molar-refractivity contribution in [2.24, 2.45) is 5.92 Å². The summed E-state index contributed by atoms with van der Waals surface area (Å²) in [6.45, 7) is 6.20. The normalized spacial score (nSPS) is 14.2. The van der Waals surface area contributed by atoms with Crippen molar-refractivity contribution >= 4 is 5.91 Å². The lowest BCUT2D eigenvalue weighted by Crippen LogP contribution is -2.38. The topological polar surface area (TPSA) is 50.8 Å². The van der Waals surface area contributed by atoms with Crippen LogP contribution in [0.15, 0.2) is 18.2 Å². The molecule has 1 heterocycles. The number of hydrogen-bond acceptors (Lipinski definition) is 4. The molecule has 1 atom stereocenters. The van der Waals surface area contributed by atoms with Gasteiger partial charge in [-0.1, -0.05) is 13.0 Å². The molecule has 20 heavy (non-hydrogen) atoms. The lowest BCUT2D eigenvalue weighted by Gasteiger charge is -2.24. The van der Waals surface area contributed by atoms with Crippen LogP contribution >= 0.6 is 0 Å². The number of nitrogens with zero attached hydrogens (tertiary/aromatic N) is 1. The summed E-state index contributed by atoms with van der Waals surface area (Å²) >= 11 is 0. The summed E-state index contributed by atoms with van der Waals surface area (Å²) < 4.78 is 10.7. The van der Waals surface area contributed by atoms with Gasteiger partial charge in [-0.2, -0.15) is 0 Å². The van der Waals surface area contributed by atoms with E-state index in [1.165, 1.54) is 0 Å². The molecule has 5 nitrogen and oxygen atoms in total. The van der Waals surface area contributed by atoms with Gasteiger partial charge in [-0.05, 0) is 31.7 Å². The molecule has 2 rings (SSSR count). The van der Waals surface area contributed by atoms with Crippen molar-refractivity contribution in [3.63, 3.8) is 0 Å². The lowest BCUT2D eigenvalue weighted by atomic mass is 10.1. The quantitative estimate of drug-likeness (QED) is 0.859. The Morgan fingerprint density at radius 3 is 2.85 bits per heavy atom. The van der Waals surface area contributed by atoms with Crippen molar-refractivity contribution < 1.29 is 14.3 Å². The van der Waals surface area contributed by atoms with E-state index in [0.29, 0.717) is 19.6 Å². The Balaban J connectivity index is 2.04. The van der Waals surface area contributed by atoms with Crippen molar-refractivity contribution in [3.8, 4) is 11.5 Å². The number of nitrogens with one attached hydrogen (secondary N) is 1. The van der Waals surface area contributed by atoms with Crippen molar-refractivity contribution in [3.05, 3.63) is 23.8 Å². The second kappa shape index (κ2) is 6.61. The molecule has 1 aromatic carbocycles. The number of ether oxygens (including phenoxy) is 2. The zero-order valence-electron chi connectivity index (χ0n) is 12.3.